The van der Waals surface area contributed by atoms with Crippen molar-refractivity contribution >= 4 is 57.9 Å². The van der Waals surface area contributed by atoms with E-state index in [1.165, 1.54) is 28.8 Å². The van der Waals surface area contributed by atoms with Gasteiger partial charge < -0.3 is 14.8 Å². The summed E-state index contributed by atoms with van der Waals surface area (Å²) in [5.74, 6) is -1.87. The van der Waals surface area contributed by atoms with Crippen LogP contribution < -0.4 is 10.2 Å². The van der Waals surface area contributed by atoms with Crippen molar-refractivity contribution in [2.24, 2.45) is 0 Å². The summed E-state index contributed by atoms with van der Waals surface area (Å²) in [6.45, 7) is 0. The number of oxazole rings is 1. The first-order valence-corrected chi connectivity index (χ1v) is 13.5. The molecular formula is C31H21N3O6S. The molecular weight excluding hydrogens is 542 g/mol. The van der Waals surface area contributed by atoms with Gasteiger partial charge in [0.25, 0.3) is 5.91 Å². The lowest BCUT2D eigenvalue weighted by atomic mass is 10.1. The molecule has 0 aliphatic carbocycles. The van der Waals surface area contributed by atoms with Crippen molar-refractivity contribution in [3.05, 3.63) is 108 Å². The van der Waals surface area contributed by atoms with Gasteiger partial charge in [0.2, 0.25) is 17.7 Å². The van der Waals surface area contributed by atoms with Gasteiger partial charge in [0, 0.05) is 22.6 Å². The van der Waals surface area contributed by atoms with Crippen LogP contribution in [0.2, 0.25) is 0 Å². The summed E-state index contributed by atoms with van der Waals surface area (Å²) in [4.78, 5) is 56.5. The van der Waals surface area contributed by atoms with E-state index in [-0.39, 0.29) is 29.4 Å². The molecule has 202 valence electrons. The Morgan fingerprint density at radius 1 is 0.878 bits per heavy atom. The highest BCUT2D eigenvalue weighted by Crippen LogP contribution is 2.35. The Morgan fingerprint density at radius 3 is 2.27 bits per heavy atom. The second kappa shape index (κ2) is 10.7. The third kappa shape index (κ3) is 5.20. The van der Waals surface area contributed by atoms with Crippen LogP contribution >= 0.6 is 11.8 Å². The first-order valence-electron chi connectivity index (χ1n) is 12.6. The minimum Gasteiger partial charge on any atom is -0.478 e. The number of fused-ring (bicyclic) bond motifs is 1. The summed E-state index contributed by atoms with van der Waals surface area (Å²) >= 11 is 1.27. The molecule has 0 spiro atoms. The monoisotopic (exact) mass is 563 g/mol. The van der Waals surface area contributed by atoms with Crippen LogP contribution in [0.4, 0.5) is 11.4 Å². The lowest BCUT2D eigenvalue weighted by Crippen LogP contribution is -2.31. The summed E-state index contributed by atoms with van der Waals surface area (Å²) in [7, 11) is 0. The zero-order valence-electron chi connectivity index (χ0n) is 21.3. The Balaban J connectivity index is 1.11. The summed E-state index contributed by atoms with van der Waals surface area (Å²) in [6, 6.07) is 27.1. The normalized spacial score (nSPS) is 14.9. The topological polar surface area (TPSA) is 130 Å². The van der Waals surface area contributed by atoms with E-state index >= 15 is 0 Å². The highest BCUT2D eigenvalue weighted by Gasteiger charge is 2.40. The van der Waals surface area contributed by atoms with Crippen molar-refractivity contribution in [1.82, 2.24) is 4.98 Å². The van der Waals surface area contributed by atoms with Gasteiger partial charge in [0.1, 0.15) is 5.52 Å². The number of carboxylic acids is 1. The molecule has 2 N–H and O–H groups in total. The molecule has 0 radical (unpaired) electrons. The number of carboxylic acid groups (broad SMARTS) is 1. The lowest BCUT2D eigenvalue weighted by molar-refractivity contribution is -0.121. The number of para-hydroxylation sites is 2. The number of amides is 3. The third-order valence-electron chi connectivity index (χ3n) is 6.56. The van der Waals surface area contributed by atoms with Crippen LogP contribution in [0, 0.1) is 0 Å². The van der Waals surface area contributed by atoms with E-state index < -0.39 is 17.1 Å². The van der Waals surface area contributed by atoms with E-state index in [9.17, 15) is 24.3 Å². The largest absolute Gasteiger partial charge is 0.478 e. The Bertz CT molecular complexity index is 1780. The van der Waals surface area contributed by atoms with E-state index in [1.54, 1.807) is 60.7 Å². The van der Waals surface area contributed by atoms with E-state index in [4.69, 9.17) is 4.42 Å². The molecule has 1 fully saturated rings. The van der Waals surface area contributed by atoms with Crippen LogP contribution in [-0.2, 0) is 9.59 Å². The summed E-state index contributed by atoms with van der Waals surface area (Å²) in [6.07, 6.45) is 0.0564. The zero-order chi connectivity index (χ0) is 28.5. The molecule has 10 heteroatoms. The molecule has 41 heavy (non-hydrogen) atoms. The number of benzene rings is 4. The van der Waals surface area contributed by atoms with E-state index in [1.807, 2.05) is 24.3 Å². The SMILES string of the molecule is O=C(O)c1ccccc1C(=O)Nc1ccc(SC2CC(=O)N(c3ccc(-c4nc5ccccc5o4)cc3)C2=O)cc1. The molecule has 6 rings (SSSR count). The van der Waals surface area contributed by atoms with Crippen molar-refractivity contribution in [1.29, 1.82) is 0 Å². The predicted molar refractivity (Wildman–Crippen MR) is 154 cm³/mol. The first kappa shape index (κ1) is 26.0. The Morgan fingerprint density at radius 2 is 1.56 bits per heavy atom. The molecule has 1 aliphatic rings. The van der Waals surface area contributed by atoms with Crippen molar-refractivity contribution in [2.45, 2.75) is 16.6 Å². The Hall–Kier alpha value is -5.22. The fourth-order valence-corrected chi connectivity index (χ4v) is 5.62. The van der Waals surface area contributed by atoms with Crippen LogP contribution in [-0.4, -0.2) is 39.0 Å². The number of nitrogens with one attached hydrogen (secondary N) is 1. The number of nitrogens with zero attached hydrogens (tertiary/aromatic N) is 2. The molecule has 1 aromatic heterocycles. The molecule has 0 saturated carbocycles. The van der Waals surface area contributed by atoms with Crippen LogP contribution in [0.3, 0.4) is 0 Å². The number of hydrogen-bond donors (Lipinski definition) is 2. The van der Waals surface area contributed by atoms with E-state index in [0.717, 1.165) is 16.0 Å². The molecule has 1 unspecified atom stereocenters. The zero-order valence-corrected chi connectivity index (χ0v) is 22.1. The number of anilines is 2. The van der Waals surface area contributed by atoms with Crippen LogP contribution in [0.1, 0.15) is 27.1 Å². The minimum atomic E-state index is -1.19. The maximum Gasteiger partial charge on any atom is 0.336 e. The maximum atomic E-state index is 13.2. The lowest BCUT2D eigenvalue weighted by Gasteiger charge is -2.15. The summed E-state index contributed by atoms with van der Waals surface area (Å²) < 4.78 is 5.80. The molecule has 3 amide bonds. The van der Waals surface area contributed by atoms with Gasteiger partial charge in [-0.2, -0.15) is 0 Å². The molecule has 5 aromatic rings. The Labute approximate surface area is 237 Å². The standard InChI is InChI=1S/C31H21N3O6S/c35-27-17-26(41-21-15-11-19(12-16-21)32-28(36)22-5-1-2-6-23(22)31(38)39)30(37)34(27)20-13-9-18(10-14-20)29-33-24-7-3-4-8-25(24)40-29/h1-16,26H,17H2,(H,32,36)(H,38,39). The fraction of sp³-hybridized carbons (Fsp3) is 0.0645. The molecule has 4 aromatic carbocycles. The van der Waals surface area contributed by atoms with Crippen LogP contribution in [0.5, 0.6) is 0 Å². The number of carbonyl (C=O) groups excluding carboxylic acids is 3. The second-order valence-corrected chi connectivity index (χ2v) is 10.5. The molecule has 1 aliphatic heterocycles. The van der Waals surface area contributed by atoms with Crippen molar-refractivity contribution in [3.63, 3.8) is 0 Å². The van der Waals surface area contributed by atoms with Crippen molar-refractivity contribution in [3.8, 4) is 11.5 Å². The molecule has 2 heterocycles. The van der Waals surface area contributed by atoms with Crippen molar-refractivity contribution < 1.29 is 28.7 Å². The van der Waals surface area contributed by atoms with Crippen molar-refractivity contribution in [2.75, 3.05) is 10.2 Å². The van der Waals surface area contributed by atoms with E-state index in [2.05, 4.69) is 10.3 Å². The molecule has 9 nitrogen and oxygen atoms in total. The van der Waals surface area contributed by atoms with Crippen LogP contribution in [0.15, 0.2) is 106 Å². The van der Waals surface area contributed by atoms with Gasteiger partial charge in [-0.3, -0.25) is 14.4 Å². The summed E-state index contributed by atoms with van der Waals surface area (Å²) in [5, 5.41) is 11.4. The average Bonchev–Trinajstić information content (AvgIpc) is 3.54. The number of aromatic carboxylic acids is 1. The smallest absolute Gasteiger partial charge is 0.336 e. The fourth-order valence-electron chi connectivity index (χ4n) is 4.56. The predicted octanol–water partition coefficient (Wildman–Crippen LogP) is 5.87. The number of hydrogen-bond acceptors (Lipinski definition) is 7. The maximum absolute atomic E-state index is 13.2. The van der Waals surface area contributed by atoms with Crippen LogP contribution in [0.25, 0.3) is 22.6 Å². The molecule has 0 bridgehead atoms. The number of imide groups is 1. The number of thioether (sulfide) groups is 1. The second-order valence-electron chi connectivity index (χ2n) is 9.24. The van der Waals surface area contributed by atoms with Gasteiger partial charge >= 0.3 is 5.97 Å². The first-order chi connectivity index (χ1) is 19.9. The van der Waals surface area contributed by atoms with Gasteiger partial charge in [-0.1, -0.05) is 24.3 Å². The molecule has 1 saturated heterocycles. The van der Waals surface area contributed by atoms with E-state index in [0.29, 0.717) is 22.8 Å². The third-order valence-corrected chi connectivity index (χ3v) is 7.76. The summed E-state index contributed by atoms with van der Waals surface area (Å²) in [5.41, 5.74) is 3.05. The van der Waals surface area contributed by atoms with Gasteiger partial charge in [0.05, 0.1) is 22.1 Å². The van der Waals surface area contributed by atoms with Gasteiger partial charge in [-0.25, -0.2) is 14.7 Å². The average molecular weight is 564 g/mol. The minimum absolute atomic E-state index is 0.0514. The van der Waals surface area contributed by atoms with Gasteiger partial charge in [0.15, 0.2) is 5.58 Å². The van der Waals surface area contributed by atoms with Gasteiger partial charge in [-0.05, 0) is 72.8 Å². The highest BCUT2D eigenvalue weighted by molar-refractivity contribution is 8.00. The highest BCUT2D eigenvalue weighted by atomic mass is 32.2. The number of carbonyl (C=O) groups is 4. The number of rotatable bonds is 7. The number of aromatic nitrogens is 1. The quantitative estimate of drug-likeness (QED) is 0.235. The molecule has 1 atom stereocenters. The van der Waals surface area contributed by atoms with Gasteiger partial charge in [-0.15, -0.1) is 11.8 Å². The Kier molecular flexibility index (Phi) is 6.82.